The first kappa shape index (κ1) is 20.2. The van der Waals surface area contributed by atoms with Crippen molar-refractivity contribution >= 4 is 11.6 Å². The summed E-state index contributed by atoms with van der Waals surface area (Å²) in [6.07, 6.45) is 7.02. The summed E-state index contributed by atoms with van der Waals surface area (Å²) in [6.45, 7) is 3.98. The van der Waals surface area contributed by atoms with Gasteiger partial charge in [-0.05, 0) is 62.8 Å². The number of methoxy groups -OCH3 is 1. The van der Waals surface area contributed by atoms with Crippen LogP contribution in [0.25, 0.3) is 0 Å². The van der Waals surface area contributed by atoms with Gasteiger partial charge in [0.25, 0.3) is 0 Å². The van der Waals surface area contributed by atoms with Gasteiger partial charge in [0.15, 0.2) is 0 Å². The van der Waals surface area contributed by atoms with E-state index in [0.29, 0.717) is 13.2 Å². The molecule has 1 N–H and O–H groups in total. The van der Waals surface area contributed by atoms with E-state index in [1.54, 1.807) is 7.11 Å². The van der Waals surface area contributed by atoms with Crippen molar-refractivity contribution in [2.24, 2.45) is 5.41 Å². The van der Waals surface area contributed by atoms with Crippen molar-refractivity contribution in [1.82, 2.24) is 0 Å². The van der Waals surface area contributed by atoms with Crippen molar-refractivity contribution in [3.05, 3.63) is 24.3 Å². The van der Waals surface area contributed by atoms with Crippen LogP contribution in [0.3, 0.4) is 0 Å². The molecule has 0 unspecified atom stereocenters. The van der Waals surface area contributed by atoms with E-state index < -0.39 is 5.60 Å². The zero-order chi connectivity index (χ0) is 19.3. The number of aliphatic hydroxyl groups is 1. The molecule has 1 amide bonds. The van der Waals surface area contributed by atoms with Crippen molar-refractivity contribution in [2.75, 3.05) is 31.8 Å². The lowest BCUT2D eigenvalue weighted by Gasteiger charge is -2.41. The van der Waals surface area contributed by atoms with Gasteiger partial charge in [-0.25, -0.2) is 0 Å². The molecule has 1 aromatic rings. The molecule has 1 saturated heterocycles. The Morgan fingerprint density at radius 3 is 2.41 bits per heavy atom. The predicted molar refractivity (Wildman–Crippen MR) is 106 cm³/mol. The number of carbonyl (C=O) groups is 1. The lowest BCUT2D eigenvalue weighted by molar-refractivity contribution is -0.131. The Morgan fingerprint density at radius 1 is 1.07 bits per heavy atom. The fourth-order valence-electron chi connectivity index (χ4n) is 4.45. The smallest absolute Gasteiger partial charge is 0.233 e. The average Bonchev–Trinajstić information content (AvgIpc) is 3.00. The predicted octanol–water partition coefficient (Wildman–Crippen LogP) is 3.93. The Kier molecular flexibility index (Phi) is 6.43. The Bertz CT molecular complexity index is 620. The summed E-state index contributed by atoms with van der Waals surface area (Å²) in [5, 5.41) is 10.8. The van der Waals surface area contributed by atoms with Crippen molar-refractivity contribution < 1.29 is 19.4 Å². The van der Waals surface area contributed by atoms with Crippen molar-refractivity contribution in [1.29, 1.82) is 0 Å². The topological polar surface area (TPSA) is 59.0 Å². The molecular weight excluding hydrogens is 342 g/mol. The van der Waals surface area contributed by atoms with Gasteiger partial charge in [-0.3, -0.25) is 4.79 Å². The molecule has 1 aromatic carbocycles. The normalized spacial score (nSPS) is 28.1. The summed E-state index contributed by atoms with van der Waals surface area (Å²) < 4.78 is 10.6. The molecule has 0 atom stereocenters. The molecule has 1 aliphatic carbocycles. The fourth-order valence-corrected chi connectivity index (χ4v) is 4.45. The van der Waals surface area contributed by atoms with Gasteiger partial charge in [0.2, 0.25) is 5.91 Å². The minimum absolute atomic E-state index is 0.230. The molecule has 0 bridgehead atoms. The maximum absolute atomic E-state index is 13.2. The van der Waals surface area contributed by atoms with Gasteiger partial charge in [-0.15, -0.1) is 0 Å². The second-order valence-electron chi connectivity index (χ2n) is 8.15. The third-order valence-corrected chi connectivity index (χ3v) is 6.35. The summed E-state index contributed by atoms with van der Waals surface area (Å²) in [5.74, 6) is 1.02. The molecule has 3 rings (SSSR count). The van der Waals surface area contributed by atoms with Gasteiger partial charge in [0, 0.05) is 19.3 Å². The molecule has 0 radical (unpaired) electrons. The minimum atomic E-state index is -0.559. The van der Waals surface area contributed by atoms with E-state index in [-0.39, 0.29) is 11.3 Å². The molecule has 2 fully saturated rings. The SMILES string of the molecule is CCCC[C@]1(O)CC[C@@]2(CCN(c3ccc(OCCOC)cc3)C2=O)CC1. The van der Waals surface area contributed by atoms with Crippen LogP contribution in [0.5, 0.6) is 5.75 Å². The van der Waals surface area contributed by atoms with Crippen molar-refractivity contribution in [3.8, 4) is 5.75 Å². The third kappa shape index (κ3) is 4.46. The van der Waals surface area contributed by atoms with Crippen LogP contribution in [-0.4, -0.2) is 43.5 Å². The lowest BCUT2D eigenvalue weighted by atomic mass is 9.66. The van der Waals surface area contributed by atoms with E-state index in [1.165, 1.54) is 0 Å². The van der Waals surface area contributed by atoms with Crippen LogP contribution in [0.4, 0.5) is 5.69 Å². The summed E-state index contributed by atoms with van der Waals surface area (Å²) >= 11 is 0. The molecule has 150 valence electrons. The first-order chi connectivity index (χ1) is 13.0. The van der Waals surface area contributed by atoms with Gasteiger partial charge in [0.1, 0.15) is 12.4 Å². The van der Waals surface area contributed by atoms with E-state index in [2.05, 4.69) is 6.92 Å². The maximum Gasteiger partial charge on any atom is 0.233 e. The molecular formula is C22H33NO4. The fraction of sp³-hybridized carbons (Fsp3) is 0.682. The van der Waals surface area contributed by atoms with E-state index >= 15 is 0 Å². The Hall–Kier alpha value is -1.59. The van der Waals surface area contributed by atoms with Crippen LogP contribution in [0.2, 0.25) is 0 Å². The number of unbranched alkanes of at least 4 members (excludes halogenated alkanes) is 1. The van der Waals surface area contributed by atoms with Gasteiger partial charge < -0.3 is 19.5 Å². The van der Waals surface area contributed by atoms with E-state index in [0.717, 1.165) is 69.3 Å². The van der Waals surface area contributed by atoms with Crippen LogP contribution in [-0.2, 0) is 9.53 Å². The van der Waals surface area contributed by atoms with Gasteiger partial charge >= 0.3 is 0 Å². The van der Waals surface area contributed by atoms with Gasteiger partial charge in [-0.1, -0.05) is 19.8 Å². The minimum Gasteiger partial charge on any atom is -0.491 e. The number of amides is 1. The largest absolute Gasteiger partial charge is 0.491 e. The van der Waals surface area contributed by atoms with Crippen LogP contribution >= 0.6 is 0 Å². The second kappa shape index (κ2) is 8.61. The highest BCUT2D eigenvalue weighted by molar-refractivity contribution is 6.00. The molecule has 1 heterocycles. The Labute approximate surface area is 162 Å². The molecule has 2 aliphatic rings. The van der Waals surface area contributed by atoms with E-state index in [1.807, 2.05) is 29.2 Å². The standard InChI is InChI=1S/C22H33NO4/c1-3-4-9-22(25)12-10-21(11-13-22)14-15-23(20(21)24)18-5-7-19(8-6-18)27-17-16-26-2/h5-8,25H,3-4,9-17H2,1-2H3/t21-,22-. The van der Waals surface area contributed by atoms with Gasteiger partial charge in [-0.2, -0.15) is 0 Å². The van der Waals surface area contributed by atoms with Crippen molar-refractivity contribution in [2.45, 2.75) is 63.9 Å². The summed E-state index contributed by atoms with van der Waals surface area (Å²) in [5.41, 5.74) is 0.102. The third-order valence-electron chi connectivity index (χ3n) is 6.35. The summed E-state index contributed by atoms with van der Waals surface area (Å²) in [4.78, 5) is 15.1. The molecule has 27 heavy (non-hydrogen) atoms. The first-order valence-electron chi connectivity index (χ1n) is 10.3. The highest BCUT2D eigenvalue weighted by Gasteiger charge is 2.51. The van der Waals surface area contributed by atoms with Crippen LogP contribution < -0.4 is 9.64 Å². The summed E-state index contributed by atoms with van der Waals surface area (Å²) in [7, 11) is 1.65. The first-order valence-corrected chi connectivity index (χ1v) is 10.3. The maximum atomic E-state index is 13.2. The quantitative estimate of drug-likeness (QED) is 0.700. The van der Waals surface area contributed by atoms with Gasteiger partial charge in [0.05, 0.1) is 17.6 Å². The molecule has 5 heteroatoms. The van der Waals surface area contributed by atoms with E-state index in [9.17, 15) is 9.90 Å². The molecule has 5 nitrogen and oxygen atoms in total. The molecule has 1 spiro atoms. The highest BCUT2D eigenvalue weighted by atomic mass is 16.5. The number of nitrogens with zero attached hydrogens (tertiary/aromatic N) is 1. The van der Waals surface area contributed by atoms with Crippen LogP contribution in [0.1, 0.15) is 58.3 Å². The zero-order valence-electron chi connectivity index (χ0n) is 16.7. The second-order valence-corrected chi connectivity index (χ2v) is 8.15. The Morgan fingerprint density at radius 2 is 1.78 bits per heavy atom. The monoisotopic (exact) mass is 375 g/mol. The number of hydrogen-bond acceptors (Lipinski definition) is 4. The Balaban J connectivity index is 1.60. The van der Waals surface area contributed by atoms with Crippen molar-refractivity contribution in [3.63, 3.8) is 0 Å². The summed E-state index contributed by atoms with van der Waals surface area (Å²) in [6, 6.07) is 7.74. The lowest BCUT2D eigenvalue weighted by Crippen LogP contribution is -2.43. The number of anilines is 1. The zero-order valence-corrected chi connectivity index (χ0v) is 16.7. The number of rotatable bonds is 8. The molecule has 1 aliphatic heterocycles. The number of ether oxygens (including phenoxy) is 2. The number of carbonyl (C=O) groups excluding carboxylic acids is 1. The van der Waals surface area contributed by atoms with Crippen LogP contribution in [0.15, 0.2) is 24.3 Å². The van der Waals surface area contributed by atoms with E-state index in [4.69, 9.17) is 9.47 Å². The van der Waals surface area contributed by atoms with Crippen LogP contribution in [0, 0.1) is 5.41 Å². The molecule has 1 saturated carbocycles. The average molecular weight is 376 g/mol. The molecule has 0 aromatic heterocycles. The highest BCUT2D eigenvalue weighted by Crippen LogP contribution is 2.49. The number of benzene rings is 1. The number of hydrogen-bond donors (Lipinski definition) is 1.